The summed E-state index contributed by atoms with van der Waals surface area (Å²) in [5, 5.41) is 8.37. The zero-order valence-corrected chi connectivity index (χ0v) is 14.7. The molecule has 4 aliphatic carbocycles. The molecule has 6 nitrogen and oxygen atoms in total. The van der Waals surface area contributed by atoms with Gasteiger partial charge in [-0.25, -0.2) is 4.79 Å². The van der Waals surface area contributed by atoms with E-state index in [1.807, 2.05) is 0 Å². The predicted octanol–water partition coefficient (Wildman–Crippen LogP) is -1.85. The maximum atomic E-state index is 13.4. The quantitative estimate of drug-likeness (QED) is 0.190. The van der Waals surface area contributed by atoms with Crippen molar-refractivity contribution in [2.24, 2.45) is 17.8 Å². The van der Waals surface area contributed by atoms with Gasteiger partial charge in [0, 0.05) is 11.8 Å². The predicted molar refractivity (Wildman–Crippen MR) is 62.1 cm³/mol. The maximum absolute atomic E-state index is 13.4. The summed E-state index contributed by atoms with van der Waals surface area (Å²) in [5.74, 6) is -1.73. The fraction of sp³-hybridized carbons (Fsp3) is 0.833. The van der Waals surface area contributed by atoms with Crippen LogP contribution in [0.15, 0.2) is 0 Å². The third-order valence-corrected chi connectivity index (χ3v) is 5.15. The van der Waals surface area contributed by atoms with Crippen LogP contribution in [0.25, 0.3) is 0 Å². The number of hydrogen-bond donors (Lipinski definition) is 0. The Morgan fingerprint density at radius 1 is 1.27 bits per heavy atom. The summed E-state index contributed by atoms with van der Waals surface area (Å²) in [5.41, 5.74) is -0.982. The third-order valence-electron chi connectivity index (χ3n) is 4.65. The molecule has 4 rings (SSSR count). The van der Waals surface area contributed by atoms with Crippen LogP contribution in [0.1, 0.15) is 32.1 Å². The van der Waals surface area contributed by atoms with Gasteiger partial charge in [0.2, 0.25) is 0 Å². The molecule has 0 amide bonds. The monoisotopic (exact) mass is 346 g/mol. The van der Waals surface area contributed by atoms with E-state index in [4.69, 9.17) is 4.74 Å². The van der Waals surface area contributed by atoms with Crippen LogP contribution < -0.4 is 34.8 Å². The number of Topliss-reactive ketones (excluding diaryl/α,β-unsaturated/α-hetero) is 1. The van der Waals surface area contributed by atoms with E-state index in [-0.39, 0.29) is 53.1 Å². The van der Waals surface area contributed by atoms with Crippen LogP contribution in [0.3, 0.4) is 0 Å². The molecular weight excluding hydrogens is 333 g/mol. The SMILES string of the molecule is O=C1C2CC3CC1CC(OC(=O)C(F)(F)SOO[O-])(C3)C2.[Na+]. The second-order valence-corrected chi connectivity index (χ2v) is 6.87. The number of hydrogen-bond acceptors (Lipinski definition) is 7. The van der Waals surface area contributed by atoms with Crippen molar-refractivity contribution in [1.29, 1.82) is 0 Å². The zero-order chi connectivity index (χ0) is 15.3. The van der Waals surface area contributed by atoms with Gasteiger partial charge < -0.3 is 9.99 Å². The first kappa shape index (κ1) is 18.6. The van der Waals surface area contributed by atoms with Crippen molar-refractivity contribution in [3.8, 4) is 0 Å². The second kappa shape index (κ2) is 6.62. The van der Waals surface area contributed by atoms with Crippen LogP contribution in [0.4, 0.5) is 8.78 Å². The molecule has 0 aliphatic heterocycles. The number of halogens is 2. The molecule has 0 spiro atoms. The van der Waals surface area contributed by atoms with E-state index >= 15 is 0 Å². The molecule has 2 unspecified atom stereocenters. The fourth-order valence-electron chi connectivity index (χ4n) is 4.15. The van der Waals surface area contributed by atoms with Gasteiger partial charge in [0.15, 0.2) is 0 Å². The van der Waals surface area contributed by atoms with E-state index in [0.29, 0.717) is 19.3 Å². The molecule has 4 bridgehead atoms. The Morgan fingerprint density at radius 2 is 1.86 bits per heavy atom. The largest absolute Gasteiger partial charge is 1.00 e. The molecule has 4 aliphatic rings. The molecule has 22 heavy (non-hydrogen) atoms. The van der Waals surface area contributed by atoms with Crippen molar-refractivity contribution in [3.63, 3.8) is 0 Å². The van der Waals surface area contributed by atoms with Gasteiger partial charge >= 0.3 is 40.8 Å². The van der Waals surface area contributed by atoms with E-state index in [9.17, 15) is 23.6 Å². The molecule has 0 N–H and O–H groups in total. The second-order valence-electron chi connectivity index (χ2n) is 6.05. The first-order valence-corrected chi connectivity index (χ1v) is 7.39. The van der Waals surface area contributed by atoms with Crippen molar-refractivity contribution >= 4 is 23.8 Å². The number of alkyl halides is 2. The van der Waals surface area contributed by atoms with E-state index < -0.39 is 28.9 Å². The first-order valence-electron chi connectivity index (χ1n) is 6.64. The summed E-state index contributed by atoms with van der Waals surface area (Å²) in [6, 6.07) is 0. The van der Waals surface area contributed by atoms with Crippen LogP contribution in [0.5, 0.6) is 0 Å². The number of rotatable bonds is 5. The van der Waals surface area contributed by atoms with Gasteiger partial charge in [0.05, 0.1) is 0 Å². The van der Waals surface area contributed by atoms with Crippen LogP contribution in [-0.2, 0) is 23.7 Å². The summed E-state index contributed by atoms with van der Waals surface area (Å²) in [6.07, 6.45) is 2.65. The van der Waals surface area contributed by atoms with Crippen molar-refractivity contribution < 1.29 is 67.3 Å². The normalized spacial score (nSPS) is 36.1. The Hall–Kier alpha value is 0.230. The first-order chi connectivity index (χ1) is 9.85. The Balaban J connectivity index is 0.00000176. The molecule has 4 saturated carbocycles. The summed E-state index contributed by atoms with van der Waals surface area (Å²) in [4.78, 5) is 23.6. The van der Waals surface area contributed by atoms with Gasteiger partial charge in [-0.05, 0) is 38.0 Å². The van der Waals surface area contributed by atoms with Crippen LogP contribution >= 0.6 is 12.0 Å². The molecule has 0 aromatic heterocycles. The Kier molecular flexibility index (Phi) is 5.59. The van der Waals surface area contributed by atoms with E-state index in [2.05, 4.69) is 9.37 Å². The minimum absolute atomic E-state index is 0. The summed E-state index contributed by atoms with van der Waals surface area (Å²) < 4.78 is 35.5. The number of carbonyl (C=O) groups excluding carboxylic acids is 2. The molecule has 0 heterocycles. The molecule has 10 heteroatoms. The number of esters is 1. The average molecular weight is 346 g/mol. The van der Waals surface area contributed by atoms with Gasteiger partial charge in [-0.1, -0.05) is 0 Å². The fourth-order valence-corrected chi connectivity index (χ4v) is 4.37. The number of ketones is 1. The minimum Gasteiger partial charge on any atom is -0.691 e. The van der Waals surface area contributed by atoms with Gasteiger partial charge in [-0.2, -0.15) is 13.1 Å². The summed E-state index contributed by atoms with van der Waals surface area (Å²) in [7, 11) is 0. The summed E-state index contributed by atoms with van der Waals surface area (Å²) >= 11 is -0.694. The molecule has 0 saturated heterocycles. The summed E-state index contributed by atoms with van der Waals surface area (Å²) in [6.45, 7) is 0. The molecule has 0 aromatic carbocycles. The molecule has 118 valence electrons. The van der Waals surface area contributed by atoms with E-state index in [1.165, 1.54) is 0 Å². The topological polar surface area (TPSA) is 84.9 Å². The van der Waals surface area contributed by atoms with Gasteiger partial charge in [-0.15, -0.1) is 0 Å². The van der Waals surface area contributed by atoms with Crippen molar-refractivity contribution in [2.45, 2.75) is 43.0 Å². The van der Waals surface area contributed by atoms with E-state index in [1.54, 1.807) is 0 Å². The molecule has 2 atom stereocenters. The van der Waals surface area contributed by atoms with E-state index in [0.717, 1.165) is 12.8 Å². The van der Waals surface area contributed by atoms with Crippen molar-refractivity contribution in [1.82, 2.24) is 0 Å². The van der Waals surface area contributed by atoms with Gasteiger partial charge in [0.25, 0.3) is 0 Å². The van der Waals surface area contributed by atoms with Crippen LogP contribution in [0.2, 0.25) is 0 Å². The molecule has 4 fully saturated rings. The third kappa shape index (κ3) is 3.35. The smallest absolute Gasteiger partial charge is 0.691 e. The minimum atomic E-state index is -4.03. The Bertz CT molecular complexity index is 459. The van der Waals surface area contributed by atoms with Gasteiger partial charge in [-0.3, -0.25) is 9.83 Å². The molecular formula is C12H13F2NaO6S. The number of ether oxygens (including phenoxy) is 1. The zero-order valence-electron chi connectivity index (χ0n) is 11.9. The van der Waals surface area contributed by atoms with Crippen LogP contribution in [0, 0.1) is 17.8 Å². The van der Waals surface area contributed by atoms with Crippen LogP contribution in [-0.4, -0.2) is 22.6 Å². The maximum Gasteiger partial charge on any atom is 1.00 e. The Morgan fingerprint density at radius 3 is 2.41 bits per heavy atom. The average Bonchev–Trinajstić information content (AvgIpc) is 2.41. The molecule has 0 aromatic rings. The number of carbonyl (C=O) groups is 2. The van der Waals surface area contributed by atoms with Crippen molar-refractivity contribution in [3.05, 3.63) is 0 Å². The Labute approximate surface area is 151 Å². The standard InChI is InChI=1S/C12H14F2O6S.Na/c13-12(14,21-20-19-17)10(16)18-11-3-6-1-7(4-11)9(15)8(2-6)5-11;/h6-8,17H,1-5H2;/q;+1/p-1. The molecule has 0 radical (unpaired) electrons. The van der Waals surface area contributed by atoms with Gasteiger partial charge in [0.1, 0.15) is 23.4 Å². The van der Waals surface area contributed by atoms with Crippen molar-refractivity contribution in [2.75, 3.05) is 0 Å².